The van der Waals surface area contributed by atoms with Gasteiger partial charge in [0.25, 0.3) is 0 Å². The molecule has 0 aromatic heterocycles. The van der Waals surface area contributed by atoms with E-state index in [1.807, 2.05) is 6.07 Å². The second kappa shape index (κ2) is 5.30. The number of hydrogen-bond acceptors (Lipinski definition) is 1. The first-order valence-electron chi connectivity index (χ1n) is 7.53. The molecule has 2 aliphatic rings. The Hall–Kier alpha value is -1.20. The summed E-state index contributed by atoms with van der Waals surface area (Å²) >= 11 is 0. The number of hydrogen-bond donors (Lipinski definition) is 0. The van der Waals surface area contributed by atoms with E-state index >= 15 is 0 Å². The largest absolute Gasteiger partial charge is 0.382 e. The molecule has 0 fully saturated rings. The molecular weight excluding hydrogens is 263 g/mol. The molecule has 104 valence electrons. The summed E-state index contributed by atoms with van der Waals surface area (Å²) in [6.45, 7) is 6.98. The molecule has 0 radical (unpaired) electrons. The summed E-state index contributed by atoms with van der Waals surface area (Å²) in [6.07, 6.45) is 6.35. The first-order chi connectivity index (χ1) is 9.59. The topological polar surface area (TPSA) is 17.1 Å². The van der Waals surface area contributed by atoms with Gasteiger partial charge in [-0.1, -0.05) is 55.7 Å². The van der Waals surface area contributed by atoms with E-state index in [0.717, 1.165) is 11.7 Å². The molecule has 2 heteroatoms. The van der Waals surface area contributed by atoms with Crippen LogP contribution in [0.4, 0.5) is 0 Å². The van der Waals surface area contributed by atoms with Crippen molar-refractivity contribution in [1.29, 1.82) is 0 Å². The fraction of sp³-hybridized carbons (Fsp3) is 0.444. The third-order valence-corrected chi connectivity index (χ3v) is 6.17. The van der Waals surface area contributed by atoms with Crippen LogP contribution in [0.25, 0.3) is 5.57 Å². The van der Waals surface area contributed by atoms with Crippen LogP contribution in [0.2, 0.25) is 0 Å². The van der Waals surface area contributed by atoms with Crippen molar-refractivity contribution in [3.8, 4) is 0 Å². The molecule has 3 atom stereocenters. The van der Waals surface area contributed by atoms with Crippen LogP contribution in [0, 0.1) is 17.8 Å². The quantitative estimate of drug-likeness (QED) is 0.679. The molecule has 3 rings (SSSR count). The minimum Gasteiger partial charge on any atom is -0.0838 e. The third kappa shape index (κ3) is 2.19. The Bertz CT molecular complexity index is 610. The molecular formula is C18H22OP+. The van der Waals surface area contributed by atoms with Crippen LogP contribution in [0.15, 0.2) is 42.0 Å². The minimum atomic E-state index is -1.27. The summed E-state index contributed by atoms with van der Waals surface area (Å²) < 4.78 is 12.5. The van der Waals surface area contributed by atoms with Gasteiger partial charge in [0.15, 0.2) is 11.5 Å². The Morgan fingerprint density at radius 2 is 2.00 bits per heavy atom. The fourth-order valence-electron chi connectivity index (χ4n) is 3.80. The highest BCUT2D eigenvalue weighted by molar-refractivity contribution is 7.54. The highest BCUT2D eigenvalue weighted by Crippen LogP contribution is 2.46. The maximum Gasteiger partial charge on any atom is 0.382 e. The summed E-state index contributed by atoms with van der Waals surface area (Å²) in [4.78, 5) is 0. The molecule has 0 spiro atoms. The van der Waals surface area contributed by atoms with E-state index < -0.39 is 7.80 Å². The molecule has 20 heavy (non-hydrogen) atoms. The van der Waals surface area contributed by atoms with Crippen molar-refractivity contribution in [2.24, 2.45) is 17.8 Å². The molecule has 1 nitrogen and oxygen atoms in total. The first-order valence-corrected chi connectivity index (χ1v) is 8.97. The van der Waals surface area contributed by atoms with E-state index in [4.69, 9.17) is 0 Å². The maximum atomic E-state index is 12.5. The Kier molecular flexibility index (Phi) is 3.65. The van der Waals surface area contributed by atoms with Gasteiger partial charge in [-0.25, -0.2) is 0 Å². The van der Waals surface area contributed by atoms with Crippen LogP contribution in [0.3, 0.4) is 0 Å². The predicted molar refractivity (Wildman–Crippen MR) is 86.7 cm³/mol. The molecule has 0 amide bonds. The van der Waals surface area contributed by atoms with E-state index in [9.17, 15) is 4.57 Å². The molecule has 1 aliphatic heterocycles. The molecule has 1 heterocycles. The summed E-state index contributed by atoms with van der Waals surface area (Å²) in [5.41, 5.74) is 4.02. The van der Waals surface area contributed by atoms with Crippen LogP contribution in [-0.2, 0) is 4.57 Å². The van der Waals surface area contributed by atoms with Crippen molar-refractivity contribution >= 4 is 18.7 Å². The van der Waals surface area contributed by atoms with Gasteiger partial charge >= 0.3 is 7.80 Å². The summed E-state index contributed by atoms with van der Waals surface area (Å²) in [7, 11) is -1.27. The van der Waals surface area contributed by atoms with Gasteiger partial charge in [-0.15, -0.1) is 0 Å². The Morgan fingerprint density at radius 1 is 1.25 bits per heavy atom. The second-order valence-electron chi connectivity index (χ2n) is 6.38. The van der Waals surface area contributed by atoms with Gasteiger partial charge in [-0.3, -0.25) is 0 Å². The van der Waals surface area contributed by atoms with Gasteiger partial charge in [-0.2, -0.15) is 0 Å². The maximum absolute atomic E-state index is 12.5. The average molecular weight is 285 g/mol. The SMILES string of the molecule is CC(C)C1C2=C(C=CCC1C)C[P+](=O)c1ccccc12. The lowest BCUT2D eigenvalue weighted by Crippen LogP contribution is -2.24. The molecule has 0 saturated heterocycles. The second-order valence-corrected chi connectivity index (χ2v) is 7.93. The molecule has 0 bridgehead atoms. The van der Waals surface area contributed by atoms with Crippen LogP contribution in [0.1, 0.15) is 32.8 Å². The van der Waals surface area contributed by atoms with E-state index in [1.54, 1.807) is 0 Å². The molecule has 0 saturated carbocycles. The molecule has 0 N–H and O–H groups in total. The summed E-state index contributed by atoms with van der Waals surface area (Å²) in [5, 5.41) is 1.06. The molecule has 1 aromatic rings. The van der Waals surface area contributed by atoms with E-state index in [-0.39, 0.29) is 0 Å². The third-order valence-electron chi connectivity index (χ3n) is 4.61. The number of fused-ring (bicyclic) bond motifs is 2. The van der Waals surface area contributed by atoms with Crippen molar-refractivity contribution < 1.29 is 4.57 Å². The van der Waals surface area contributed by atoms with Crippen molar-refractivity contribution in [3.05, 3.63) is 47.6 Å². The minimum absolute atomic E-state index is 0.560. The zero-order valence-corrected chi connectivity index (χ0v) is 13.4. The zero-order chi connectivity index (χ0) is 14.3. The van der Waals surface area contributed by atoms with Gasteiger partial charge in [0.1, 0.15) is 0 Å². The van der Waals surface area contributed by atoms with E-state index in [2.05, 4.69) is 51.1 Å². The predicted octanol–water partition coefficient (Wildman–Crippen LogP) is 4.77. The highest BCUT2D eigenvalue weighted by Gasteiger charge is 2.39. The fourth-order valence-corrected chi connectivity index (χ4v) is 5.27. The lowest BCUT2D eigenvalue weighted by Gasteiger charge is -2.31. The highest BCUT2D eigenvalue weighted by atomic mass is 31.1. The van der Waals surface area contributed by atoms with Gasteiger partial charge in [0.05, 0.1) is 0 Å². The number of rotatable bonds is 1. The molecule has 1 aromatic carbocycles. The van der Waals surface area contributed by atoms with E-state index in [1.165, 1.54) is 16.7 Å². The first kappa shape index (κ1) is 13.8. The lowest BCUT2D eigenvalue weighted by atomic mass is 9.74. The van der Waals surface area contributed by atoms with Crippen LogP contribution in [-0.4, -0.2) is 6.16 Å². The van der Waals surface area contributed by atoms with Gasteiger partial charge in [-0.05, 0) is 35.8 Å². The van der Waals surface area contributed by atoms with Crippen molar-refractivity contribution in [2.45, 2.75) is 27.2 Å². The van der Waals surface area contributed by atoms with E-state index in [0.29, 0.717) is 23.9 Å². The van der Waals surface area contributed by atoms with Gasteiger partial charge in [0.2, 0.25) is 0 Å². The van der Waals surface area contributed by atoms with Crippen LogP contribution >= 0.6 is 7.80 Å². The Morgan fingerprint density at radius 3 is 2.75 bits per heavy atom. The van der Waals surface area contributed by atoms with Crippen molar-refractivity contribution in [1.82, 2.24) is 0 Å². The average Bonchev–Trinajstić information content (AvgIpc) is 2.58. The zero-order valence-electron chi connectivity index (χ0n) is 12.5. The smallest absolute Gasteiger partial charge is 0.0838 e. The normalized spacial score (nSPS) is 27.3. The number of allylic oxidation sites excluding steroid dienone is 4. The molecule has 3 unspecified atom stereocenters. The summed E-state index contributed by atoms with van der Waals surface area (Å²) in [5.74, 6) is 1.81. The van der Waals surface area contributed by atoms with Crippen molar-refractivity contribution in [2.75, 3.05) is 6.16 Å². The standard InChI is InChI=1S/C18H22OP/c1-12(2)17-13(3)7-6-8-14-11-20(19)16-10-5-4-9-15(16)18(14)17/h4-6,8-10,12-13,17H,7,11H2,1-3H3/q+1. The summed E-state index contributed by atoms with van der Waals surface area (Å²) in [6, 6.07) is 8.30. The Labute approximate surface area is 122 Å². The monoisotopic (exact) mass is 285 g/mol. The number of benzene rings is 1. The van der Waals surface area contributed by atoms with Gasteiger partial charge in [0, 0.05) is 11.1 Å². The Balaban J connectivity index is 2.23. The van der Waals surface area contributed by atoms with Crippen LogP contribution < -0.4 is 5.30 Å². The lowest BCUT2D eigenvalue weighted by molar-refractivity contribution is 0.349. The van der Waals surface area contributed by atoms with Crippen LogP contribution in [0.5, 0.6) is 0 Å². The van der Waals surface area contributed by atoms with Crippen molar-refractivity contribution in [3.63, 3.8) is 0 Å². The van der Waals surface area contributed by atoms with Gasteiger partial charge < -0.3 is 0 Å². The molecule has 1 aliphatic carbocycles.